The van der Waals surface area contributed by atoms with Crippen molar-refractivity contribution in [1.29, 1.82) is 0 Å². The second-order valence-electron chi connectivity index (χ2n) is 5.41. The molecule has 0 aliphatic carbocycles. The van der Waals surface area contributed by atoms with Crippen LogP contribution in [-0.4, -0.2) is 26.0 Å². The number of allylic oxidation sites excluding steroid dienone is 1. The molecule has 5 nitrogen and oxygen atoms in total. The third-order valence-corrected chi connectivity index (χ3v) is 3.82. The highest BCUT2D eigenvalue weighted by atomic mass is 35.5. The summed E-state index contributed by atoms with van der Waals surface area (Å²) in [5.74, 6) is 0.667. The van der Waals surface area contributed by atoms with E-state index in [1.807, 2.05) is 0 Å². The van der Waals surface area contributed by atoms with Crippen molar-refractivity contribution in [3.8, 4) is 17.2 Å². The van der Waals surface area contributed by atoms with Crippen LogP contribution in [0, 0.1) is 0 Å². The van der Waals surface area contributed by atoms with Crippen LogP contribution in [0.15, 0.2) is 42.5 Å². The van der Waals surface area contributed by atoms with Gasteiger partial charge in [-0.05, 0) is 29.8 Å². The highest BCUT2D eigenvalue weighted by Crippen LogP contribution is 2.30. The van der Waals surface area contributed by atoms with Gasteiger partial charge >= 0.3 is 5.97 Å². The normalized spacial score (nSPS) is 10.6. The second-order valence-corrected chi connectivity index (χ2v) is 5.82. The predicted octanol–water partition coefficient (Wildman–Crippen LogP) is 4.11. The number of hydrogen-bond acceptors (Lipinski definition) is 5. The molecule has 0 aromatic heterocycles. The minimum atomic E-state index is -0.450. The molecule has 2 rings (SSSR count). The van der Waals surface area contributed by atoms with Crippen molar-refractivity contribution in [3.05, 3.63) is 58.6 Å². The van der Waals surface area contributed by atoms with E-state index in [2.05, 4.69) is 0 Å². The van der Waals surface area contributed by atoms with E-state index in [9.17, 15) is 9.59 Å². The summed E-state index contributed by atoms with van der Waals surface area (Å²) in [5.41, 5.74) is 1.42. The summed E-state index contributed by atoms with van der Waals surface area (Å²) in [6.07, 6.45) is 3.26. The zero-order chi connectivity index (χ0) is 19.1. The van der Waals surface area contributed by atoms with E-state index in [1.54, 1.807) is 42.5 Å². The zero-order valence-corrected chi connectivity index (χ0v) is 15.5. The topological polar surface area (TPSA) is 61.8 Å². The van der Waals surface area contributed by atoms with Crippen molar-refractivity contribution in [2.45, 2.75) is 13.3 Å². The molecule has 0 fully saturated rings. The number of esters is 1. The average Bonchev–Trinajstić information content (AvgIpc) is 2.60. The second kappa shape index (κ2) is 9.06. The first-order chi connectivity index (χ1) is 12.4. The number of carbonyl (C=O) groups is 2. The minimum absolute atomic E-state index is 0.115. The van der Waals surface area contributed by atoms with Crippen molar-refractivity contribution in [1.82, 2.24) is 0 Å². The van der Waals surface area contributed by atoms with Gasteiger partial charge in [-0.25, -0.2) is 0 Å². The Morgan fingerprint density at radius 2 is 1.85 bits per heavy atom. The molecular formula is C20H19ClO5. The maximum absolute atomic E-state index is 12.3. The third kappa shape index (κ3) is 5.10. The highest BCUT2D eigenvalue weighted by molar-refractivity contribution is 6.32. The standard InChI is InChI=1S/C20H19ClO5/c1-13(22)26-19-11-14(8-10-18(19)24-2)7-9-16(23)12-15-5-4-6-17(21)20(15)25-3/h4-11H,12H2,1-3H3/b9-7+. The molecule has 0 amide bonds. The Hall–Kier alpha value is -2.79. The maximum Gasteiger partial charge on any atom is 0.308 e. The minimum Gasteiger partial charge on any atom is -0.495 e. The van der Waals surface area contributed by atoms with Crippen molar-refractivity contribution >= 4 is 29.4 Å². The summed E-state index contributed by atoms with van der Waals surface area (Å²) in [7, 11) is 3.00. The number of rotatable bonds is 7. The average molecular weight is 375 g/mol. The molecule has 0 saturated heterocycles. The van der Waals surface area contributed by atoms with Crippen LogP contribution in [0.2, 0.25) is 5.02 Å². The molecule has 0 aliphatic rings. The summed E-state index contributed by atoms with van der Waals surface area (Å²) >= 11 is 6.07. The van der Waals surface area contributed by atoms with E-state index in [1.165, 1.54) is 27.2 Å². The first kappa shape index (κ1) is 19.5. The summed E-state index contributed by atoms with van der Waals surface area (Å²) in [6, 6.07) is 10.3. The molecule has 2 aromatic rings. The van der Waals surface area contributed by atoms with E-state index >= 15 is 0 Å². The fraction of sp³-hybridized carbons (Fsp3) is 0.200. The number of hydrogen-bond donors (Lipinski definition) is 0. The molecule has 0 saturated carbocycles. The van der Waals surface area contributed by atoms with Crippen molar-refractivity contribution < 1.29 is 23.8 Å². The van der Waals surface area contributed by atoms with Crippen molar-refractivity contribution in [2.24, 2.45) is 0 Å². The van der Waals surface area contributed by atoms with E-state index in [0.29, 0.717) is 33.4 Å². The molecule has 0 bridgehead atoms. The van der Waals surface area contributed by atoms with Crippen LogP contribution in [0.25, 0.3) is 6.08 Å². The van der Waals surface area contributed by atoms with Crippen LogP contribution in [0.1, 0.15) is 18.1 Å². The summed E-state index contributed by atoms with van der Waals surface area (Å²) in [4.78, 5) is 23.4. The molecule has 26 heavy (non-hydrogen) atoms. The lowest BCUT2D eigenvalue weighted by Crippen LogP contribution is -2.03. The molecule has 0 aliphatic heterocycles. The molecule has 0 spiro atoms. The molecule has 6 heteroatoms. The van der Waals surface area contributed by atoms with Gasteiger partial charge in [-0.3, -0.25) is 9.59 Å². The molecular weight excluding hydrogens is 356 g/mol. The Balaban J connectivity index is 2.15. The monoisotopic (exact) mass is 374 g/mol. The van der Waals surface area contributed by atoms with Gasteiger partial charge in [0.2, 0.25) is 0 Å². The summed E-state index contributed by atoms with van der Waals surface area (Å²) < 4.78 is 15.5. The fourth-order valence-electron chi connectivity index (χ4n) is 2.39. The molecule has 0 radical (unpaired) electrons. The number of ether oxygens (including phenoxy) is 3. The van der Waals surface area contributed by atoms with Gasteiger partial charge in [-0.1, -0.05) is 35.9 Å². The number of methoxy groups -OCH3 is 2. The van der Waals surface area contributed by atoms with Crippen LogP contribution in [-0.2, 0) is 16.0 Å². The molecule has 2 aromatic carbocycles. The Morgan fingerprint density at radius 3 is 2.50 bits per heavy atom. The van der Waals surface area contributed by atoms with Crippen LogP contribution in [0.5, 0.6) is 17.2 Å². The molecule has 136 valence electrons. The van der Waals surface area contributed by atoms with Crippen LogP contribution >= 0.6 is 11.6 Å². The van der Waals surface area contributed by atoms with Crippen LogP contribution in [0.3, 0.4) is 0 Å². The Labute approximate surface area is 157 Å². The zero-order valence-electron chi connectivity index (χ0n) is 14.7. The maximum atomic E-state index is 12.3. The molecule has 0 heterocycles. The summed E-state index contributed by atoms with van der Waals surface area (Å²) in [5, 5.41) is 0.461. The van der Waals surface area contributed by atoms with Gasteiger partial charge in [0.25, 0.3) is 0 Å². The highest BCUT2D eigenvalue weighted by Gasteiger charge is 2.10. The first-order valence-corrected chi connectivity index (χ1v) is 8.21. The summed E-state index contributed by atoms with van der Waals surface area (Å²) in [6.45, 7) is 1.31. The Morgan fingerprint density at radius 1 is 1.08 bits per heavy atom. The molecule has 0 unspecified atom stereocenters. The molecule has 0 atom stereocenters. The fourth-order valence-corrected chi connectivity index (χ4v) is 2.66. The van der Waals surface area contributed by atoms with Gasteiger partial charge in [0.1, 0.15) is 5.75 Å². The number of benzene rings is 2. The first-order valence-electron chi connectivity index (χ1n) is 7.83. The predicted molar refractivity (Wildman–Crippen MR) is 100 cm³/mol. The number of carbonyl (C=O) groups excluding carboxylic acids is 2. The largest absolute Gasteiger partial charge is 0.495 e. The van der Waals surface area contributed by atoms with Gasteiger partial charge in [0, 0.05) is 18.9 Å². The van der Waals surface area contributed by atoms with Gasteiger partial charge in [-0.15, -0.1) is 0 Å². The number of halogens is 1. The van der Waals surface area contributed by atoms with E-state index < -0.39 is 5.97 Å². The van der Waals surface area contributed by atoms with Gasteiger partial charge in [0.05, 0.1) is 19.2 Å². The smallest absolute Gasteiger partial charge is 0.308 e. The lowest BCUT2D eigenvalue weighted by atomic mass is 10.1. The lowest BCUT2D eigenvalue weighted by molar-refractivity contribution is -0.132. The van der Waals surface area contributed by atoms with E-state index in [-0.39, 0.29) is 12.2 Å². The third-order valence-electron chi connectivity index (χ3n) is 3.52. The Kier molecular flexibility index (Phi) is 6.81. The van der Waals surface area contributed by atoms with Crippen LogP contribution < -0.4 is 14.2 Å². The quantitative estimate of drug-likeness (QED) is 0.414. The molecule has 0 N–H and O–H groups in total. The lowest BCUT2D eigenvalue weighted by Gasteiger charge is -2.09. The van der Waals surface area contributed by atoms with E-state index in [0.717, 1.165) is 0 Å². The van der Waals surface area contributed by atoms with Gasteiger partial charge < -0.3 is 14.2 Å². The Bertz CT molecular complexity index is 842. The number of ketones is 1. The van der Waals surface area contributed by atoms with Gasteiger partial charge in [0.15, 0.2) is 17.3 Å². The van der Waals surface area contributed by atoms with E-state index in [4.69, 9.17) is 25.8 Å². The van der Waals surface area contributed by atoms with Crippen molar-refractivity contribution in [2.75, 3.05) is 14.2 Å². The SMILES string of the molecule is COc1ccc(/C=C/C(=O)Cc2cccc(Cl)c2OC)cc1OC(C)=O. The van der Waals surface area contributed by atoms with Gasteiger partial charge in [-0.2, -0.15) is 0 Å². The van der Waals surface area contributed by atoms with Crippen molar-refractivity contribution in [3.63, 3.8) is 0 Å². The van der Waals surface area contributed by atoms with Crippen LogP contribution in [0.4, 0.5) is 0 Å². The number of para-hydroxylation sites is 1.